The summed E-state index contributed by atoms with van der Waals surface area (Å²) >= 11 is 3.13. The number of aromatic hydroxyl groups is 1. The van der Waals surface area contributed by atoms with Crippen LogP contribution < -0.4 is 5.73 Å². The van der Waals surface area contributed by atoms with Gasteiger partial charge in [-0.3, -0.25) is 0 Å². The summed E-state index contributed by atoms with van der Waals surface area (Å²) < 4.78 is 26.0. The highest BCUT2D eigenvalue weighted by molar-refractivity contribution is 9.10. The van der Waals surface area contributed by atoms with E-state index in [2.05, 4.69) is 15.9 Å². The van der Waals surface area contributed by atoms with Gasteiger partial charge in [0, 0.05) is 12.8 Å². The summed E-state index contributed by atoms with van der Waals surface area (Å²) in [6.07, 6.45) is -0.672. The number of alkyl halides is 2. The smallest absolute Gasteiger partial charge is 0.252 e. The minimum absolute atomic E-state index is 0.0773. The van der Waals surface area contributed by atoms with Crippen molar-refractivity contribution in [3.8, 4) is 5.75 Å². The van der Waals surface area contributed by atoms with Gasteiger partial charge >= 0.3 is 0 Å². The SMILES string of the molecule is NC1(c2ccc(O)c(Br)c2)CC(F)(F)C1. The van der Waals surface area contributed by atoms with Gasteiger partial charge in [0.1, 0.15) is 5.75 Å². The maximum Gasteiger partial charge on any atom is 0.252 e. The zero-order valence-corrected chi connectivity index (χ0v) is 9.39. The average Bonchev–Trinajstić information content (AvgIpc) is 2.06. The molecule has 0 aromatic heterocycles. The Bertz CT molecular complexity index is 400. The van der Waals surface area contributed by atoms with Gasteiger partial charge in [0.25, 0.3) is 5.92 Å². The summed E-state index contributed by atoms with van der Waals surface area (Å²) in [4.78, 5) is 0. The Morgan fingerprint density at radius 1 is 1.33 bits per heavy atom. The Morgan fingerprint density at radius 3 is 2.40 bits per heavy atom. The van der Waals surface area contributed by atoms with Gasteiger partial charge in [0.15, 0.2) is 0 Å². The first kappa shape index (κ1) is 10.8. The van der Waals surface area contributed by atoms with Crippen molar-refractivity contribution in [3.63, 3.8) is 0 Å². The lowest BCUT2D eigenvalue weighted by atomic mass is 9.70. The van der Waals surface area contributed by atoms with Crippen LogP contribution in [0.15, 0.2) is 22.7 Å². The van der Waals surface area contributed by atoms with Gasteiger partial charge in [-0.15, -0.1) is 0 Å². The number of halogens is 3. The number of rotatable bonds is 1. The zero-order chi connectivity index (χ0) is 11.3. The Hall–Kier alpha value is -0.680. The molecule has 0 unspecified atom stereocenters. The van der Waals surface area contributed by atoms with Gasteiger partial charge in [-0.05, 0) is 33.6 Å². The molecule has 1 aromatic carbocycles. The molecule has 3 N–H and O–H groups in total. The van der Waals surface area contributed by atoms with Crippen LogP contribution in [-0.2, 0) is 5.54 Å². The largest absolute Gasteiger partial charge is 0.507 e. The van der Waals surface area contributed by atoms with Crippen molar-refractivity contribution in [2.75, 3.05) is 0 Å². The molecule has 82 valence electrons. The molecule has 1 aliphatic rings. The van der Waals surface area contributed by atoms with Crippen molar-refractivity contribution >= 4 is 15.9 Å². The molecule has 5 heteroatoms. The van der Waals surface area contributed by atoms with E-state index in [9.17, 15) is 13.9 Å². The van der Waals surface area contributed by atoms with Crippen molar-refractivity contribution < 1.29 is 13.9 Å². The van der Waals surface area contributed by atoms with E-state index in [-0.39, 0.29) is 18.6 Å². The molecule has 0 aliphatic heterocycles. The molecule has 0 bridgehead atoms. The monoisotopic (exact) mass is 277 g/mol. The molecule has 0 heterocycles. The van der Waals surface area contributed by atoms with E-state index in [0.29, 0.717) is 10.0 Å². The molecule has 1 aromatic rings. The zero-order valence-electron chi connectivity index (χ0n) is 7.80. The molecule has 2 rings (SSSR count). The second kappa shape index (κ2) is 3.15. The number of hydrogen-bond donors (Lipinski definition) is 2. The summed E-state index contributed by atoms with van der Waals surface area (Å²) in [5.41, 5.74) is 5.50. The van der Waals surface area contributed by atoms with Crippen molar-refractivity contribution in [1.29, 1.82) is 0 Å². The van der Waals surface area contributed by atoms with Crippen LogP contribution in [0.5, 0.6) is 5.75 Å². The normalized spacial score (nSPS) is 22.1. The maximum atomic E-state index is 12.8. The van der Waals surface area contributed by atoms with Crippen molar-refractivity contribution in [1.82, 2.24) is 0 Å². The first-order valence-corrected chi connectivity index (χ1v) is 5.27. The van der Waals surface area contributed by atoms with Crippen LogP contribution in [0.1, 0.15) is 18.4 Å². The van der Waals surface area contributed by atoms with Gasteiger partial charge in [-0.25, -0.2) is 8.78 Å². The van der Waals surface area contributed by atoms with E-state index in [1.807, 2.05) is 0 Å². The number of phenols is 1. The third kappa shape index (κ3) is 1.86. The highest BCUT2D eigenvalue weighted by Gasteiger charge is 2.55. The predicted octanol–water partition coefficient (Wildman–Crippen LogP) is 2.74. The summed E-state index contributed by atoms with van der Waals surface area (Å²) in [5, 5.41) is 9.27. The van der Waals surface area contributed by atoms with Crippen molar-refractivity contribution in [2.45, 2.75) is 24.3 Å². The van der Waals surface area contributed by atoms with E-state index >= 15 is 0 Å². The van der Waals surface area contributed by atoms with Crippen LogP contribution in [-0.4, -0.2) is 11.0 Å². The second-order valence-electron chi connectivity index (χ2n) is 4.03. The maximum absolute atomic E-state index is 12.8. The predicted molar refractivity (Wildman–Crippen MR) is 55.9 cm³/mol. The Balaban J connectivity index is 2.28. The standard InChI is InChI=1S/C10H10BrF2NO/c11-7-3-6(1-2-8(7)15)9(14)4-10(12,13)5-9/h1-3,15H,4-5,14H2. The highest BCUT2D eigenvalue weighted by Crippen LogP contribution is 2.50. The van der Waals surface area contributed by atoms with Crippen LogP contribution in [0.25, 0.3) is 0 Å². The van der Waals surface area contributed by atoms with E-state index in [1.54, 1.807) is 12.1 Å². The second-order valence-corrected chi connectivity index (χ2v) is 4.89. The quantitative estimate of drug-likeness (QED) is 0.829. The van der Waals surface area contributed by atoms with Gasteiger partial charge in [-0.2, -0.15) is 0 Å². The lowest BCUT2D eigenvalue weighted by molar-refractivity contribution is -0.125. The highest BCUT2D eigenvalue weighted by atomic mass is 79.9. The van der Waals surface area contributed by atoms with Gasteiger partial charge in [-0.1, -0.05) is 6.07 Å². The molecule has 15 heavy (non-hydrogen) atoms. The van der Waals surface area contributed by atoms with Crippen LogP contribution in [0.4, 0.5) is 8.78 Å². The lowest BCUT2D eigenvalue weighted by Crippen LogP contribution is -2.55. The minimum Gasteiger partial charge on any atom is -0.507 e. The summed E-state index contributed by atoms with van der Waals surface area (Å²) in [5.74, 6) is -2.58. The minimum atomic E-state index is -2.65. The number of nitrogens with two attached hydrogens (primary N) is 1. The first-order chi connectivity index (χ1) is 6.82. The summed E-state index contributed by atoms with van der Waals surface area (Å²) in [6.45, 7) is 0. The number of hydrogen-bond acceptors (Lipinski definition) is 2. The molecule has 0 spiro atoms. The molecule has 1 fully saturated rings. The summed E-state index contributed by atoms with van der Waals surface area (Å²) in [7, 11) is 0. The van der Waals surface area contributed by atoms with Gasteiger partial charge in [0.05, 0.1) is 10.0 Å². The molecule has 2 nitrogen and oxygen atoms in total. The third-order valence-corrected chi connectivity index (χ3v) is 3.31. The van der Waals surface area contributed by atoms with Gasteiger partial charge in [0.2, 0.25) is 0 Å². The fraction of sp³-hybridized carbons (Fsp3) is 0.400. The van der Waals surface area contributed by atoms with Crippen LogP contribution >= 0.6 is 15.9 Å². The average molecular weight is 278 g/mol. The molecular formula is C10H10BrF2NO. The summed E-state index contributed by atoms with van der Waals surface area (Å²) in [6, 6.07) is 4.62. The topological polar surface area (TPSA) is 46.2 Å². The molecular weight excluding hydrogens is 268 g/mol. The molecule has 0 atom stereocenters. The van der Waals surface area contributed by atoms with E-state index < -0.39 is 11.5 Å². The fourth-order valence-corrected chi connectivity index (χ4v) is 2.27. The Kier molecular flexibility index (Phi) is 2.28. The van der Waals surface area contributed by atoms with Crippen LogP contribution in [0, 0.1) is 0 Å². The molecule has 1 saturated carbocycles. The van der Waals surface area contributed by atoms with Gasteiger partial charge < -0.3 is 10.8 Å². The van der Waals surface area contributed by atoms with Crippen molar-refractivity contribution in [2.24, 2.45) is 5.73 Å². The van der Waals surface area contributed by atoms with E-state index in [1.165, 1.54) is 6.07 Å². The molecule has 0 saturated heterocycles. The lowest BCUT2D eigenvalue weighted by Gasteiger charge is -2.44. The third-order valence-electron chi connectivity index (χ3n) is 2.67. The van der Waals surface area contributed by atoms with Crippen LogP contribution in [0.2, 0.25) is 0 Å². The number of phenolic OH excluding ortho intramolecular Hbond substituents is 1. The van der Waals surface area contributed by atoms with E-state index in [0.717, 1.165) is 0 Å². The first-order valence-electron chi connectivity index (χ1n) is 4.48. The fourth-order valence-electron chi connectivity index (χ4n) is 1.89. The molecule has 0 radical (unpaired) electrons. The Morgan fingerprint density at radius 2 is 1.93 bits per heavy atom. The molecule has 0 amide bonds. The van der Waals surface area contributed by atoms with Crippen LogP contribution in [0.3, 0.4) is 0 Å². The van der Waals surface area contributed by atoms with Crippen molar-refractivity contribution in [3.05, 3.63) is 28.2 Å². The molecule has 1 aliphatic carbocycles. The van der Waals surface area contributed by atoms with E-state index in [4.69, 9.17) is 5.73 Å². The number of benzene rings is 1. The Labute approximate surface area is 94.2 Å².